The van der Waals surface area contributed by atoms with Crippen molar-refractivity contribution in [1.82, 2.24) is 10.2 Å². The Labute approximate surface area is 176 Å². The van der Waals surface area contributed by atoms with Crippen molar-refractivity contribution in [2.24, 2.45) is 5.92 Å². The molecular weight excluding hydrogens is 385 g/mol. The second-order valence-electron chi connectivity index (χ2n) is 7.33. The first-order valence-corrected chi connectivity index (χ1v) is 10.4. The highest BCUT2D eigenvalue weighted by molar-refractivity contribution is 6.02. The van der Waals surface area contributed by atoms with Crippen LogP contribution < -0.4 is 15.4 Å². The van der Waals surface area contributed by atoms with Gasteiger partial charge in [0, 0.05) is 12.5 Å². The highest BCUT2D eigenvalue weighted by Crippen LogP contribution is 2.23. The van der Waals surface area contributed by atoms with E-state index in [1.165, 1.54) is 6.07 Å². The number of hydrogen-bond donors (Lipinski definition) is 2. The van der Waals surface area contributed by atoms with E-state index in [1.54, 1.807) is 30.3 Å². The molecule has 1 saturated heterocycles. The number of amides is 3. The maximum atomic E-state index is 13.7. The predicted octanol–water partition coefficient (Wildman–Crippen LogP) is 3.83. The van der Waals surface area contributed by atoms with E-state index in [0.717, 1.165) is 19.6 Å². The molecule has 160 valence electrons. The van der Waals surface area contributed by atoms with E-state index in [-0.39, 0.29) is 17.6 Å². The monoisotopic (exact) mass is 413 g/mol. The molecule has 3 rings (SSSR count). The van der Waals surface area contributed by atoms with Crippen molar-refractivity contribution in [1.29, 1.82) is 0 Å². The maximum Gasteiger partial charge on any atom is 0.325 e. The van der Waals surface area contributed by atoms with Crippen molar-refractivity contribution in [3.63, 3.8) is 0 Å². The third-order valence-electron chi connectivity index (χ3n) is 5.29. The van der Waals surface area contributed by atoms with Crippen LogP contribution in [0.2, 0.25) is 0 Å². The first-order valence-electron chi connectivity index (χ1n) is 10.4. The Morgan fingerprint density at radius 3 is 2.53 bits per heavy atom. The highest BCUT2D eigenvalue weighted by atomic mass is 19.1. The molecule has 1 aliphatic rings. The Balaban J connectivity index is 1.43. The summed E-state index contributed by atoms with van der Waals surface area (Å²) in [6.45, 7) is 4.60. The first kappa shape index (κ1) is 21.8. The van der Waals surface area contributed by atoms with Crippen LogP contribution in [0, 0.1) is 11.7 Å². The van der Waals surface area contributed by atoms with Gasteiger partial charge in [-0.1, -0.05) is 30.3 Å². The number of nitrogens with zero attached hydrogens (tertiary/aromatic N) is 1. The lowest BCUT2D eigenvalue weighted by molar-refractivity contribution is -0.125. The summed E-state index contributed by atoms with van der Waals surface area (Å²) in [5, 5.41) is 5.11. The van der Waals surface area contributed by atoms with Gasteiger partial charge in [-0.05, 0) is 63.0 Å². The van der Waals surface area contributed by atoms with Crippen LogP contribution in [0.15, 0.2) is 48.5 Å². The maximum absolute atomic E-state index is 13.7. The zero-order chi connectivity index (χ0) is 21.3. The van der Waals surface area contributed by atoms with Gasteiger partial charge in [-0.25, -0.2) is 9.18 Å². The Kier molecular flexibility index (Phi) is 7.79. The van der Waals surface area contributed by atoms with Gasteiger partial charge in [-0.2, -0.15) is 0 Å². The van der Waals surface area contributed by atoms with Crippen LogP contribution in [-0.4, -0.2) is 43.1 Å². The summed E-state index contributed by atoms with van der Waals surface area (Å²) in [6, 6.07) is 13.3. The van der Waals surface area contributed by atoms with Crippen molar-refractivity contribution in [3.8, 4) is 5.75 Å². The number of hydrogen-bond acceptors (Lipinski definition) is 4. The van der Waals surface area contributed by atoms with E-state index < -0.39 is 6.03 Å². The van der Waals surface area contributed by atoms with Gasteiger partial charge in [0.1, 0.15) is 11.6 Å². The molecule has 0 aliphatic carbocycles. The van der Waals surface area contributed by atoms with Crippen LogP contribution >= 0.6 is 0 Å². The second-order valence-corrected chi connectivity index (χ2v) is 7.33. The fraction of sp³-hybridized carbons (Fsp3) is 0.391. The summed E-state index contributed by atoms with van der Waals surface area (Å²) in [5.74, 6) is -0.0906. The molecule has 2 aromatic carbocycles. The number of rotatable bonds is 7. The number of benzene rings is 2. The minimum Gasteiger partial charge on any atom is -0.492 e. The molecule has 0 saturated carbocycles. The molecule has 2 aromatic rings. The van der Waals surface area contributed by atoms with Gasteiger partial charge in [-0.15, -0.1) is 0 Å². The third-order valence-corrected chi connectivity index (χ3v) is 5.29. The number of carbonyl (C=O) groups excluding carboxylic acids is 2. The molecule has 6 nitrogen and oxygen atoms in total. The number of carbonyl (C=O) groups is 2. The summed E-state index contributed by atoms with van der Waals surface area (Å²) < 4.78 is 19.2. The molecule has 0 aromatic heterocycles. The molecular formula is C23H28FN3O3. The van der Waals surface area contributed by atoms with E-state index in [0.29, 0.717) is 42.9 Å². The predicted molar refractivity (Wildman–Crippen MR) is 114 cm³/mol. The smallest absolute Gasteiger partial charge is 0.325 e. The zero-order valence-corrected chi connectivity index (χ0v) is 17.2. The lowest BCUT2D eigenvalue weighted by atomic mass is 9.95. The fourth-order valence-corrected chi connectivity index (χ4v) is 3.62. The number of para-hydroxylation sites is 2. The van der Waals surface area contributed by atoms with Gasteiger partial charge in [0.2, 0.25) is 5.91 Å². The van der Waals surface area contributed by atoms with Crippen LogP contribution in [-0.2, 0) is 11.2 Å². The Hall–Kier alpha value is -2.93. The van der Waals surface area contributed by atoms with E-state index >= 15 is 0 Å². The Morgan fingerprint density at radius 2 is 1.80 bits per heavy atom. The molecule has 1 heterocycles. The molecule has 7 heteroatoms. The quantitative estimate of drug-likeness (QED) is 0.724. The molecule has 2 N–H and O–H groups in total. The number of anilines is 1. The second kappa shape index (κ2) is 10.7. The molecule has 30 heavy (non-hydrogen) atoms. The van der Waals surface area contributed by atoms with Gasteiger partial charge >= 0.3 is 6.03 Å². The van der Waals surface area contributed by atoms with Crippen LogP contribution in [0.4, 0.5) is 14.9 Å². The molecule has 0 spiro atoms. The van der Waals surface area contributed by atoms with Crippen LogP contribution in [0.25, 0.3) is 0 Å². The average molecular weight is 413 g/mol. The van der Waals surface area contributed by atoms with E-state index in [1.807, 2.05) is 19.1 Å². The van der Waals surface area contributed by atoms with Crippen LogP contribution in [0.1, 0.15) is 25.3 Å². The van der Waals surface area contributed by atoms with E-state index in [9.17, 15) is 14.0 Å². The number of nitrogens with one attached hydrogen (secondary N) is 2. The number of imide groups is 1. The van der Waals surface area contributed by atoms with Gasteiger partial charge in [-0.3, -0.25) is 10.1 Å². The summed E-state index contributed by atoms with van der Waals surface area (Å²) in [6.07, 6.45) is 1.99. The Bertz CT molecular complexity index is 866. The van der Waals surface area contributed by atoms with Crippen molar-refractivity contribution in [2.45, 2.75) is 26.2 Å². The standard InChI is InChI=1S/C23H28FN3O3/c1-2-30-21-10-6-5-9-20(21)25-23(29)26-22(28)18-12-15-27(16-13-18)14-11-17-7-3-4-8-19(17)24/h3-10,18H,2,11-16H2,1H3,(H2,25,26,28,29). The lowest BCUT2D eigenvalue weighted by Crippen LogP contribution is -2.44. The van der Waals surface area contributed by atoms with Gasteiger partial charge in [0.05, 0.1) is 12.3 Å². The third kappa shape index (κ3) is 6.03. The number of urea groups is 1. The van der Waals surface area contributed by atoms with Gasteiger partial charge in [0.25, 0.3) is 0 Å². The summed E-state index contributed by atoms with van der Waals surface area (Å²) in [4.78, 5) is 26.9. The molecule has 3 amide bonds. The minimum absolute atomic E-state index is 0.177. The number of likely N-dealkylation sites (tertiary alicyclic amines) is 1. The normalized spacial score (nSPS) is 14.9. The SMILES string of the molecule is CCOc1ccccc1NC(=O)NC(=O)C1CCN(CCc2ccccc2F)CC1. The summed E-state index contributed by atoms with van der Waals surface area (Å²) in [5.41, 5.74) is 1.23. The summed E-state index contributed by atoms with van der Waals surface area (Å²) >= 11 is 0. The van der Waals surface area contributed by atoms with E-state index in [4.69, 9.17) is 4.74 Å². The van der Waals surface area contributed by atoms with Crippen LogP contribution in [0.3, 0.4) is 0 Å². The number of piperidine rings is 1. The zero-order valence-electron chi connectivity index (χ0n) is 17.2. The average Bonchev–Trinajstić information content (AvgIpc) is 2.75. The topological polar surface area (TPSA) is 70.7 Å². The lowest BCUT2D eigenvalue weighted by Gasteiger charge is -2.31. The van der Waals surface area contributed by atoms with Crippen LogP contribution in [0.5, 0.6) is 5.75 Å². The van der Waals surface area contributed by atoms with Crippen molar-refractivity contribution >= 4 is 17.6 Å². The molecule has 0 atom stereocenters. The fourth-order valence-electron chi connectivity index (χ4n) is 3.62. The molecule has 0 bridgehead atoms. The molecule has 1 aliphatic heterocycles. The van der Waals surface area contributed by atoms with Crippen molar-refractivity contribution in [3.05, 3.63) is 59.9 Å². The summed E-state index contributed by atoms with van der Waals surface area (Å²) in [7, 11) is 0. The highest BCUT2D eigenvalue weighted by Gasteiger charge is 2.26. The largest absolute Gasteiger partial charge is 0.492 e. The van der Waals surface area contributed by atoms with Gasteiger partial charge in [0.15, 0.2) is 0 Å². The number of halogens is 1. The Morgan fingerprint density at radius 1 is 1.10 bits per heavy atom. The van der Waals surface area contributed by atoms with Gasteiger partial charge < -0.3 is 15.0 Å². The molecule has 0 radical (unpaired) electrons. The number of ether oxygens (including phenoxy) is 1. The molecule has 1 fully saturated rings. The van der Waals surface area contributed by atoms with E-state index in [2.05, 4.69) is 15.5 Å². The molecule has 0 unspecified atom stereocenters. The first-order chi connectivity index (χ1) is 14.6. The minimum atomic E-state index is -0.561. The van der Waals surface area contributed by atoms with Crippen molar-refractivity contribution in [2.75, 3.05) is 31.6 Å². The van der Waals surface area contributed by atoms with Crippen molar-refractivity contribution < 1.29 is 18.7 Å².